The predicted octanol–water partition coefficient (Wildman–Crippen LogP) is 3.30. The van der Waals surface area contributed by atoms with E-state index in [0.717, 1.165) is 5.56 Å². The van der Waals surface area contributed by atoms with Gasteiger partial charge in [0.25, 0.3) is 10.1 Å². The van der Waals surface area contributed by atoms with Crippen molar-refractivity contribution in [1.82, 2.24) is 0 Å². The van der Waals surface area contributed by atoms with Crippen molar-refractivity contribution < 1.29 is 27.3 Å². The van der Waals surface area contributed by atoms with Crippen LogP contribution in [-0.2, 0) is 31.1 Å². The Kier molecular flexibility index (Phi) is 7.96. The minimum absolute atomic E-state index is 0.137. The molecule has 0 fully saturated rings. The van der Waals surface area contributed by atoms with E-state index >= 15 is 0 Å². The molecule has 0 aliphatic rings. The molecule has 0 heterocycles. The molecule has 9 heteroatoms. The number of halogens is 1. The quantitative estimate of drug-likeness (QED) is 0.241. The predicted molar refractivity (Wildman–Crippen MR) is 113 cm³/mol. The van der Waals surface area contributed by atoms with Gasteiger partial charge in [0, 0.05) is 16.0 Å². The maximum Gasteiger partial charge on any atom is 0.310 e. The summed E-state index contributed by atoms with van der Waals surface area (Å²) in [6, 6.07) is 14.3. The van der Waals surface area contributed by atoms with E-state index in [1.807, 2.05) is 52.9 Å². The Hall–Kier alpha value is -1.98. The van der Waals surface area contributed by atoms with Gasteiger partial charge in [0.05, 0.1) is 10.8 Å². The fourth-order valence-corrected chi connectivity index (χ4v) is 3.99. The molecule has 28 heavy (non-hydrogen) atoms. The molecule has 150 valence electrons. The Morgan fingerprint density at radius 1 is 1.11 bits per heavy atom. The van der Waals surface area contributed by atoms with Gasteiger partial charge in [0.1, 0.15) is 6.61 Å². The molecule has 7 nitrogen and oxygen atoms in total. The van der Waals surface area contributed by atoms with Crippen LogP contribution in [0.25, 0.3) is 0 Å². The summed E-state index contributed by atoms with van der Waals surface area (Å²) in [6.07, 6.45) is 0. The highest BCUT2D eigenvalue weighted by Crippen LogP contribution is 2.21. The number of hydrogen-bond acceptors (Lipinski definition) is 5. The van der Waals surface area contributed by atoms with Crippen molar-refractivity contribution in [3.8, 4) is 0 Å². The Bertz CT molecular complexity index is 915. The number of nitrogens with one attached hydrogen (secondary N) is 1. The zero-order chi connectivity index (χ0) is 20.7. The molecule has 2 atom stereocenters. The number of esters is 1. The highest BCUT2D eigenvalue weighted by atomic mass is 127. The summed E-state index contributed by atoms with van der Waals surface area (Å²) in [5.74, 6) is -2.12. The fraction of sp³-hybridized carbons (Fsp3) is 0.263. The van der Waals surface area contributed by atoms with Crippen molar-refractivity contribution in [2.45, 2.75) is 18.4 Å². The summed E-state index contributed by atoms with van der Waals surface area (Å²) in [5.41, 5.74) is 1.22. The van der Waals surface area contributed by atoms with Gasteiger partial charge in [-0.1, -0.05) is 59.8 Å². The maximum absolute atomic E-state index is 12.5. The summed E-state index contributed by atoms with van der Waals surface area (Å²) in [4.78, 5) is 24.6. The number of ether oxygens (including phenoxy) is 1. The van der Waals surface area contributed by atoms with Gasteiger partial charge in [0.2, 0.25) is 5.91 Å². The third-order valence-corrected chi connectivity index (χ3v) is 5.95. The van der Waals surface area contributed by atoms with Crippen LogP contribution in [0.5, 0.6) is 0 Å². The molecule has 0 aromatic heterocycles. The van der Waals surface area contributed by atoms with Crippen LogP contribution in [0, 0.1) is 11.8 Å². The van der Waals surface area contributed by atoms with Gasteiger partial charge < -0.3 is 10.1 Å². The molecule has 0 aliphatic heterocycles. The van der Waals surface area contributed by atoms with E-state index in [1.54, 1.807) is 6.92 Å². The third-order valence-electron chi connectivity index (χ3n) is 4.13. The normalized spacial score (nSPS) is 13.4. The largest absolute Gasteiger partial charge is 0.461 e. The van der Waals surface area contributed by atoms with E-state index in [9.17, 15) is 18.0 Å². The molecule has 0 saturated carbocycles. The summed E-state index contributed by atoms with van der Waals surface area (Å²) >= 11 is 2.04. The van der Waals surface area contributed by atoms with E-state index < -0.39 is 33.8 Å². The van der Waals surface area contributed by atoms with Gasteiger partial charge in [0.15, 0.2) is 0 Å². The minimum atomic E-state index is -4.30. The first-order valence-corrected chi connectivity index (χ1v) is 11.3. The molecule has 2 aromatic rings. The molecule has 2 rings (SSSR count). The lowest BCUT2D eigenvalue weighted by Crippen LogP contribution is -2.34. The zero-order valence-electron chi connectivity index (χ0n) is 15.0. The van der Waals surface area contributed by atoms with Crippen LogP contribution in [0.3, 0.4) is 0 Å². The molecule has 0 aliphatic carbocycles. The summed E-state index contributed by atoms with van der Waals surface area (Å²) in [6.45, 7) is 1.77. The van der Waals surface area contributed by atoms with Crippen molar-refractivity contribution >= 4 is 50.3 Å². The number of carbonyl (C=O) groups is 2. The van der Waals surface area contributed by atoms with E-state index in [0.29, 0.717) is 10.1 Å². The number of rotatable bonds is 8. The molecule has 2 unspecified atom stereocenters. The first-order valence-electron chi connectivity index (χ1n) is 8.37. The summed E-state index contributed by atoms with van der Waals surface area (Å²) in [5, 5.41) is 2.64. The van der Waals surface area contributed by atoms with E-state index in [-0.39, 0.29) is 11.5 Å². The topological polar surface area (TPSA) is 110 Å². The number of hydrogen-bond donors (Lipinski definition) is 2. The van der Waals surface area contributed by atoms with Crippen molar-refractivity contribution in [3.63, 3.8) is 0 Å². The molecule has 0 spiro atoms. The second-order valence-electron chi connectivity index (χ2n) is 6.13. The molecular formula is C19H20INO6S. The van der Waals surface area contributed by atoms with Crippen LogP contribution in [0.2, 0.25) is 0 Å². The molecule has 2 aromatic carbocycles. The van der Waals surface area contributed by atoms with Crippen molar-refractivity contribution in [3.05, 3.63) is 60.2 Å². The smallest absolute Gasteiger partial charge is 0.310 e. The summed E-state index contributed by atoms with van der Waals surface area (Å²) in [7, 11) is -4.30. The van der Waals surface area contributed by atoms with Crippen molar-refractivity contribution in [2.24, 2.45) is 11.8 Å². The Morgan fingerprint density at radius 3 is 2.25 bits per heavy atom. The van der Waals surface area contributed by atoms with Gasteiger partial charge in [-0.3, -0.25) is 14.1 Å². The molecule has 0 radical (unpaired) electrons. The first-order chi connectivity index (χ1) is 13.2. The number of alkyl halides is 1. The average molecular weight is 517 g/mol. The average Bonchev–Trinajstić information content (AvgIpc) is 2.67. The third kappa shape index (κ3) is 6.28. The van der Waals surface area contributed by atoms with Gasteiger partial charge >= 0.3 is 5.97 Å². The van der Waals surface area contributed by atoms with Crippen LogP contribution in [0.4, 0.5) is 5.69 Å². The number of anilines is 1. The monoisotopic (exact) mass is 517 g/mol. The van der Waals surface area contributed by atoms with Crippen LogP contribution >= 0.6 is 22.6 Å². The molecular weight excluding hydrogens is 497 g/mol. The lowest BCUT2D eigenvalue weighted by atomic mass is 9.95. The zero-order valence-corrected chi connectivity index (χ0v) is 18.0. The highest BCUT2D eigenvalue weighted by Gasteiger charge is 2.30. The number of benzene rings is 2. The Balaban J connectivity index is 1.98. The van der Waals surface area contributed by atoms with Gasteiger partial charge in [-0.15, -0.1) is 0 Å². The second kappa shape index (κ2) is 9.99. The van der Waals surface area contributed by atoms with E-state index in [2.05, 4.69) is 5.32 Å². The van der Waals surface area contributed by atoms with E-state index in [1.165, 1.54) is 24.3 Å². The fourth-order valence-electron chi connectivity index (χ4n) is 2.39. The second-order valence-corrected chi connectivity index (χ2v) is 8.43. The molecule has 0 bridgehead atoms. The minimum Gasteiger partial charge on any atom is -0.461 e. The summed E-state index contributed by atoms with van der Waals surface area (Å²) < 4.78 is 36.8. The van der Waals surface area contributed by atoms with Gasteiger partial charge in [-0.2, -0.15) is 8.42 Å². The standard InChI is InChI=1S/C19H20INO6S/c1-13(17(11-20)19(23)27-12-14-5-3-2-4-6-14)18(22)21-15-7-9-16(10-8-15)28(24,25)26/h2-10,13,17H,11-12H2,1H3,(H,21,22)(H,24,25,26). The number of amides is 1. The van der Waals surface area contributed by atoms with Crippen molar-refractivity contribution in [2.75, 3.05) is 9.74 Å². The Morgan fingerprint density at radius 2 is 1.71 bits per heavy atom. The van der Waals surface area contributed by atoms with Crippen LogP contribution in [0.1, 0.15) is 12.5 Å². The lowest BCUT2D eigenvalue weighted by molar-refractivity contribution is -0.152. The van der Waals surface area contributed by atoms with Crippen molar-refractivity contribution in [1.29, 1.82) is 0 Å². The first kappa shape index (κ1) is 22.3. The number of carbonyl (C=O) groups excluding carboxylic acids is 2. The van der Waals surface area contributed by atoms with Crippen LogP contribution in [-0.4, -0.2) is 29.3 Å². The van der Waals surface area contributed by atoms with Crippen LogP contribution < -0.4 is 5.32 Å². The van der Waals surface area contributed by atoms with E-state index in [4.69, 9.17) is 9.29 Å². The molecule has 0 saturated heterocycles. The maximum atomic E-state index is 12.5. The highest BCUT2D eigenvalue weighted by molar-refractivity contribution is 14.1. The SMILES string of the molecule is CC(C(=O)Nc1ccc(S(=O)(=O)O)cc1)C(CI)C(=O)OCc1ccccc1. The molecule has 1 amide bonds. The van der Waals surface area contributed by atoms with Gasteiger partial charge in [-0.05, 0) is 29.8 Å². The van der Waals surface area contributed by atoms with Gasteiger partial charge in [-0.25, -0.2) is 0 Å². The molecule has 2 N–H and O–H groups in total. The Labute approximate surface area is 177 Å². The van der Waals surface area contributed by atoms with Crippen LogP contribution in [0.15, 0.2) is 59.5 Å². The lowest BCUT2D eigenvalue weighted by Gasteiger charge is -2.20.